The molecule has 0 fully saturated rings. The molecular weight excluding hydrogens is 336 g/mol. The van der Waals surface area contributed by atoms with E-state index in [9.17, 15) is 9.59 Å². The van der Waals surface area contributed by atoms with E-state index in [2.05, 4.69) is 26.6 Å². The first-order chi connectivity index (χ1) is 8.81. The van der Waals surface area contributed by atoms with Crippen LogP contribution in [0, 0.1) is 5.92 Å². The number of hydrogen-bond donors (Lipinski definition) is 3. The van der Waals surface area contributed by atoms with Gasteiger partial charge in [0.05, 0.1) is 5.02 Å². The summed E-state index contributed by atoms with van der Waals surface area (Å²) in [5, 5.41) is 14.3. The van der Waals surface area contributed by atoms with E-state index in [1.54, 1.807) is 32.0 Å². The second-order valence-corrected chi connectivity index (χ2v) is 5.55. The highest BCUT2D eigenvalue weighted by atomic mass is 79.9. The summed E-state index contributed by atoms with van der Waals surface area (Å²) in [6.45, 7) is 3.44. The summed E-state index contributed by atoms with van der Waals surface area (Å²) >= 11 is 9.13. The molecule has 0 heterocycles. The number of rotatable bonds is 4. The molecule has 0 bridgehead atoms. The van der Waals surface area contributed by atoms with Gasteiger partial charge in [-0.15, -0.1) is 0 Å². The van der Waals surface area contributed by atoms with Crippen LogP contribution in [0.5, 0.6) is 0 Å². The van der Waals surface area contributed by atoms with Crippen molar-refractivity contribution in [3.05, 3.63) is 27.7 Å². The fourth-order valence-corrected chi connectivity index (χ4v) is 1.82. The molecule has 7 heteroatoms. The Morgan fingerprint density at radius 2 is 2.00 bits per heavy atom. The Morgan fingerprint density at radius 3 is 2.47 bits per heavy atom. The maximum Gasteiger partial charge on any atom is 0.326 e. The summed E-state index contributed by atoms with van der Waals surface area (Å²) in [7, 11) is 0. The van der Waals surface area contributed by atoms with E-state index < -0.39 is 18.0 Å². The van der Waals surface area contributed by atoms with Gasteiger partial charge in [0.15, 0.2) is 0 Å². The zero-order chi connectivity index (χ0) is 14.6. The van der Waals surface area contributed by atoms with Crippen LogP contribution < -0.4 is 10.6 Å². The Bertz CT molecular complexity index is 494. The Morgan fingerprint density at radius 1 is 1.37 bits per heavy atom. The van der Waals surface area contributed by atoms with E-state index in [1.807, 2.05) is 0 Å². The molecule has 3 N–H and O–H groups in total. The number of anilines is 1. The molecule has 5 nitrogen and oxygen atoms in total. The number of hydrogen-bond acceptors (Lipinski definition) is 2. The summed E-state index contributed by atoms with van der Waals surface area (Å²) in [4.78, 5) is 22.6. The zero-order valence-electron chi connectivity index (χ0n) is 10.4. The molecule has 0 aliphatic heterocycles. The van der Waals surface area contributed by atoms with Crippen molar-refractivity contribution in [2.75, 3.05) is 5.32 Å². The lowest BCUT2D eigenvalue weighted by Gasteiger charge is -2.18. The van der Waals surface area contributed by atoms with Crippen molar-refractivity contribution in [1.82, 2.24) is 5.32 Å². The van der Waals surface area contributed by atoms with Crippen LogP contribution in [0.25, 0.3) is 0 Å². The van der Waals surface area contributed by atoms with Crippen LogP contribution in [0.2, 0.25) is 5.02 Å². The number of benzene rings is 1. The van der Waals surface area contributed by atoms with Crippen molar-refractivity contribution in [2.24, 2.45) is 5.92 Å². The maximum absolute atomic E-state index is 11.7. The Kier molecular flexibility index (Phi) is 5.62. The molecule has 0 aromatic heterocycles. The minimum absolute atomic E-state index is 0.211. The van der Waals surface area contributed by atoms with Gasteiger partial charge >= 0.3 is 12.0 Å². The molecule has 2 amide bonds. The highest BCUT2D eigenvalue weighted by molar-refractivity contribution is 9.10. The molecule has 1 rings (SSSR count). The predicted octanol–water partition coefficient (Wildman–Crippen LogP) is 3.33. The Hall–Kier alpha value is -1.27. The maximum atomic E-state index is 11.7. The lowest BCUT2D eigenvalue weighted by molar-refractivity contribution is -0.140. The summed E-state index contributed by atoms with van der Waals surface area (Å²) < 4.78 is 0.714. The lowest BCUT2D eigenvalue weighted by atomic mass is 10.1. The van der Waals surface area contributed by atoms with Crippen LogP contribution in [0.1, 0.15) is 13.8 Å². The molecule has 0 aliphatic carbocycles. The van der Waals surface area contributed by atoms with Crippen molar-refractivity contribution in [1.29, 1.82) is 0 Å². The average Bonchev–Trinajstić information content (AvgIpc) is 2.30. The molecule has 19 heavy (non-hydrogen) atoms. The molecule has 1 aromatic rings. The fourth-order valence-electron chi connectivity index (χ4n) is 1.40. The summed E-state index contributed by atoms with van der Waals surface area (Å²) in [5.41, 5.74) is 0.485. The standard InChI is InChI=1S/C12H14BrClN2O3/c1-6(2)10(11(17)18)16-12(19)15-7-3-4-8(13)9(14)5-7/h3-6,10H,1-2H3,(H,17,18)(H2,15,16,19)/t10-/m0/s1. The third kappa shape index (κ3) is 4.72. The summed E-state index contributed by atoms with van der Waals surface area (Å²) in [6.07, 6.45) is 0. The molecular formula is C12H14BrClN2O3. The molecule has 0 saturated heterocycles. The molecule has 1 atom stereocenters. The number of urea groups is 1. The zero-order valence-corrected chi connectivity index (χ0v) is 12.7. The first-order valence-electron chi connectivity index (χ1n) is 5.56. The minimum Gasteiger partial charge on any atom is -0.480 e. The number of carbonyl (C=O) groups is 2. The van der Waals surface area contributed by atoms with Gasteiger partial charge in [-0.25, -0.2) is 9.59 Å². The smallest absolute Gasteiger partial charge is 0.326 e. The summed E-state index contributed by atoms with van der Waals surface area (Å²) in [6, 6.07) is 3.39. The van der Waals surface area contributed by atoms with Crippen LogP contribution in [-0.2, 0) is 4.79 Å². The van der Waals surface area contributed by atoms with Crippen molar-refractivity contribution in [2.45, 2.75) is 19.9 Å². The van der Waals surface area contributed by atoms with Crippen LogP contribution in [-0.4, -0.2) is 23.1 Å². The number of carboxylic acid groups (broad SMARTS) is 1. The van der Waals surface area contributed by atoms with Crippen molar-refractivity contribution in [3.63, 3.8) is 0 Å². The molecule has 0 aliphatic rings. The average molecular weight is 350 g/mol. The quantitative estimate of drug-likeness (QED) is 0.780. The lowest BCUT2D eigenvalue weighted by Crippen LogP contribution is -2.46. The van der Waals surface area contributed by atoms with Gasteiger partial charge in [0.25, 0.3) is 0 Å². The van der Waals surface area contributed by atoms with Crippen molar-refractivity contribution >= 4 is 45.2 Å². The van der Waals surface area contributed by atoms with E-state index in [1.165, 1.54) is 0 Å². The van der Waals surface area contributed by atoms with Crippen LogP contribution in [0.3, 0.4) is 0 Å². The number of nitrogens with one attached hydrogen (secondary N) is 2. The third-order valence-electron chi connectivity index (χ3n) is 2.40. The number of amides is 2. The SMILES string of the molecule is CC(C)[C@H](NC(=O)Nc1ccc(Br)c(Cl)c1)C(=O)O. The number of carboxylic acids is 1. The number of aliphatic carboxylic acids is 1. The van der Waals surface area contributed by atoms with Gasteiger partial charge in [-0.3, -0.25) is 0 Å². The van der Waals surface area contributed by atoms with Crippen molar-refractivity contribution < 1.29 is 14.7 Å². The van der Waals surface area contributed by atoms with Crippen LogP contribution in [0.4, 0.5) is 10.5 Å². The van der Waals surface area contributed by atoms with Gasteiger partial charge in [-0.05, 0) is 40.0 Å². The normalized spacial score (nSPS) is 12.1. The first-order valence-corrected chi connectivity index (χ1v) is 6.73. The van der Waals surface area contributed by atoms with E-state index in [4.69, 9.17) is 16.7 Å². The van der Waals surface area contributed by atoms with Gasteiger partial charge in [-0.1, -0.05) is 25.4 Å². The first kappa shape index (κ1) is 15.8. The van der Waals surface area contributed by atoms with Crippen molar-refractivity contribution in [3.8, 4) is 0 Å². The van der Waals surface area contributed by atoms with E-state index >= 15 is 0 Å². The molecule has 1 aromatic carbocycles. The third-order valence-corrected chi connectivity index (χ3v) is 3.63. The second-order valence-electron chi connectivity index (χ2n) is 4.29. The minimum atomic E-state index is -1.07. The topological polar surface area (TPSA) is 78.4 Å². The van der Waals surface area contributed by atoms with E-state index in [-0.39, 0.29) is 5.92 Å². The number of halogens is 2. The Labute approximate surface area is 124 Å². The predicted molar refractivity (Wildman–Crippen MR) is 77.6 cm³/mol. The van der Waals surface area contributed by atoms with Gasteiger partial charge < -0.3 is 15.7 Å². The molecule has 0 unspecified atom stereocenters. The number of carbonyl (C=O) groups excluding carboxylic acids is 1. The molecule has 0 spiro atoms. The van der Waals surface area contributed by atoms with E-state index in [0.29, 0.717) is 15.2 Å². The second kappa shape index (κ2) is 6.77. The highest BCUT2D eigenvalue weighted by Gasteiger charge is 2.23. The summed E-state index contributed by atoms with van der Waals surface area (Å²) in [5.74, 6) is -1.28. The van der Waals surface area contributed by atoms with E-state index in [0.717, 1.165) is 0 Å². The monoisotopic (exact) mass is 348 g/mol. The molecule has 104 valence electrons. The fraction of sp³-hybridized carbons (Fsp3) is 0.333. The van der Waals surface area contributed by atoms with Gasteiger partial charge in [0.1, 0.15) is 6.04 Å². The van der Waals surface area contributed by atoms with Gasteiger partial charge in [0.2, 0.25) is 0 Å². The Balaban J connectivity index is 2.69. The molecule has 0 saturated carbocycles. The van der Waals surface area contributed by atoms with Crippen LogP contribution in [0.15, 0.2) is 22.7 Å². The molecule has 0 radical (unpaired) electrons. The largest absolute Gasteiger partial charge is 0.480 e. The highest BCUT2D eigenvalue weighted by Crippen LogP contribution is 2.25. The van der Waals surface area contributed by atoms with Crippen LogP contribution >= 0.6 is 27.5 Å². The van der Waals surface area contributed by atoms with Gasteiger partial charge in [-0.2, -0.15) is 0 Å². The van der Waals surface area contributed by atoms with Gasteiger partial charge in [0, 0.05) is 10.2 Å².